The largest absolute Gasteiger partial charge is 0.461 e. The van der Waals surface area contributed by atoms with Crippen molar-refractivity contribution in [1.82, 2.24) is 15.4 Å². The van der Waals surface area contributed by atoms with Gasteiger partial charge in [-0.2, -0.15) is 13.2 Å². The van der Waals surface area contributed by atoms with Crippen molar-refractivity contribution in [2.75, 3.05) is 6.54 Å². The van der Waals surface area contributed by atoms with Crippen LogP contribution in [0.4, 0.5) is 13.2 Å². The van der Waals surface area contributed by atoms with Gasteiger partial charge in [0.15, 0.2) is 5.60 Å². The van der Waals surface area contributed by atoms with Crippen molar-refractivity contribution in [2.45, 2.75) is 51.4 Å². The van der Waals surface area contributed by atoms with E-state index in [1.54, 1.807) is 6.07 Å². The van der Waals surface area contributed by atoms with E-state index < -0.39 is 23.2 Å². The zero-order valence-electron chi connectivity index (χ0n) is 20.7. The molecule has 1 amide bonds. The average molecular weight is 554 g/mol. The lowest BCUT2D eigenvalue weighted by atomic mass is 9.98. The van der Waals surface area contributed by atoms with Crippen molar-refractivity contribution < 1.29 is 22.7 Å². The quantitative estimate of drug-likeness (QED) is 0.268. The molecule has 1 heterocycles. The molecule has 1 aromatic heterocycles. The maximum Gasteiger partial charge on any atom is 0.417 e. The van der Waals surface area contributed by atoms with Gasteiger partial charge < -0.3 is 4.74 Å². The summed E-state index contributed by atoms with van der Waals surface area (Å²) in [5.74, 6) is -0.575. The predicted octanol–water partition coefficient (Wildman–Crippen LogP) is 7.29. The molecule has 2 aromatic carbocycles. The number of rotatable bonds is 10. The predicted molar refractivity (Wildman–Crippen MR) is 138 cm³/mol. The van der Waals surface area contributed by atoms with Crippen molar-refractivity contribution in [3.63, 3.8) is 0 Å². The van der Waals surface area contributed by atoms with Crippen LogP contribution >= 0.6 is 23.2 Å². The Morgan fingerprint density at radius 1 is 1.05 bits per heavy atom. The summed E-state index contributed by atoms with van der Waals surface area (Å²) >= 11 is 12.3. The van der Waals surface area contributed by atoms with E-state index in [1.807, 2.05) is 54.4 Å². The Kier molecular flexibility index (Phi) is 9.45. The molecule has 0 saturated heterocycles. The second-order valence-electron chi connectivity index (χ2n) is 9.03. The average Bonchev–Trinajstić information content (AvgIpc) is 2.83. The van der Waals surface area contributed by atoms with Crippen LogP contribution in [-0.2, 0) is 17.4 Å². The van der Waals surface area contributed by atoms with Crippen LogP contribution < -0.4 is 10.2 Å². The topological polar surface area (TPSA) is 54.5 Å². The summed E-state index contributed by atoms with van der Waals surface area (Å²) in [6.45, 7) is 5.56. The number of carbonyl (C=O) groups is 1. The normalized spacial score (nSPS) is 12.9. The third-order valence-electron chi connectivity index (χ3n) is 5.63. The summed E-state index contributed by atoms with van der Waals surface area (Å²) in [6.07, 6.45) is -2.55. The van der Waals surface area contributed by atoms with E-state index in [9.17, 15) is 18.0 Å². The van der Waals surface area contributed by atoms with Gasteiger partial charge in [0, 0.05) is 28.9 Å². The van der Waals surface area contributed by atoms with Crippen molar-refractivity contribution in [3.05, 3.63) is 93.6 Å². The number of hydrogen-bond acceptors (Lipinski definition) is 4. The minimum absolute atomic E-state index is 0.0947. The molecule has 0 spiro atoms. The van der Waals surface area contributed by atoms with E-state index in [-0.39, 0.29) is 11.9 Å². The van der Waals surface area contributed by atoms with Crippen LogP contribution in [0.2, 0.25) is 10.0 Å². The lowest BCUT2D eigenvalue weighted by molar-refractivity contribution is -0.141. The van der Waals surface area contributed by atoms with Crippen LogP contribution in [0.3, 0.4) is 0 Å². The molecule has 3 rings (SSSR count). The van der Waals surface area contributed by atoms with E-state index in [4.69, 9.17) is 27.9 Å². The molecule has 37 heavy (non-hydrogen) atoms. The molecule has 10 heteroatoms. The first-order valence-corrected chi connectivity index (χ1v) is 12.4. The van der Waals surface area contributed by atoms with Gasteiger partial charge >= 0.3 is 6.18 Å². The lowest BCUT2D eigenvalue weighted by Gasteiger charge is -2.35. The van der Waals surface area contributed by atoms with Gasteiger partial charge in [-0.15, -0.1) is 0 Å². The standard InChI is InChI=1S/C27H28Cl2F3N3O2/c1-4-14-35(23(19-6-5-7-22(29)16-19)15-18-8-11-21(28)12-9-18)34-25(36)26(2,3)37-24-13-10-20(17-33-24)27(30,31)32/h5-13,16-17,23H,4,14-15H2,1-3H3,(H,34,36). The molecule has 1 N–H and O–H groups in total. The molecule has 0 aliphatic carbocycles. The van der Waals surface area contributed by atoms with Crippen molar-refractivity contribution in [3.8, 4) is 5.88 Å². The molecule has 0 aliphatic rings. The molecule has 0 radical (unpaired) electrons. The molecule has 1 unspecified atom stereocenters. The Morgan fingerprint density at radius 3 is 2.32 bits per heavy atom. The summed E-state index contributed by atoms with van der Waals surface area (Å²) in [7, 11) is 0. The van der Waals surface area contributed by atoms with Gasteiger partial charge in [-0.25, -0.2) is 9.99 Å². The maximum absolute atomic E-state index is 13.4. The first kappa shape index (κ1) is 28.8. The highest BCUT2D eigenvalue weighted by Crippen LogP contribution is 2.30. The molecule has 0 aliphatic heterocycles. The number of amides is 1. The van der Waals surface area contributed by atoms with Crippen LogP contribution in [0, 0.1) is 0 Å². The van der Waals surface area contributed by atoms with Crippen LogP contribution in [0.5, 0.6) is 5.88 Å². The van der Waals surface area contributed by atoms with Gasteiger partial charge in [-0.1, -0.05) is 54.4 Å². The van der Waals surface area contributed by atoms with Gasteiger partial charge in [0.05, 0.1) is 11.6 Å². The van der Waals surface area contributed by atoms with Crippen molar-refractivity contribution >= 4 is 29.1 Å². The zero-order valence-corrected chi connectivity index (χ0v) is 22.2. The molecule has 1 atom stereocenters. The SMILES string of the molecule is CCCN(NC(=O)C(C)(C)Oc1ccc(C(F)(F)F)cn1)C(Cc1ccc(Cl)cc1)c1cccc(Cl)c1. The van der Waals surface area contributed by atoms with Gasteiger partial charge in [-0.05, 0) is 68.1 Å². The van der Waals surface area contributed by atoms with Crippen LogP contribution in [0.1, 0.15) is 49.9 Å². The van der Waals surface area contributed by atoms with Crippen molar-refractivity contribution in [1.29, 1.82) is 0 Å². The number of benzene rings is 2. The number of ether oxygens (including phenoxy) is 1. The molecule has 0 fully saturated rings. The van der Waals surface area contributed by atoms with Crippen LogP contribution in [0.25, 0.3) is 0 Å². The molecular weight excluding hydrogens is 526 g/mol. The molecule has 5 nitrogen and oxygen atoms in total. The number of halogens is 5. The highest BCUT2D eigenvalue weighted by molar-refractivity contribution is 6.30. The summed E-state index contributed by atoms with van der Waals surface area (Å²) in [6, 6.07) is 16.6. The molecule has 3 aromatic rings. The fourth-order valence-corrected chi connectivity index (χ4v) is 4.00. The highest BCUT2D eigenvalue weighted by Gasteiger charge is 2.35. The number of carbonyl (C=O) groups excluding carboxylic acids is 1. The van der Waals surface area contributed by atoms with E-state index in [1.165, 1.54) is 13.8 Å². The Labute approximate surface area is 224 Å². The monoisotopic (exact) mass is 553 g/mol. The second-order valence-corrected chi connectivity index (χ2v) is 9.90. The Balaban J connectivity index is 1.84. The first-order chi connectivity index (χ1) is 17.4. The fourth-order valence-electron chi connectivity index (χ4n) is 3.68. The van der Waals surface area contributed by atoms with Gasteiger partial charge in [-0.3, -0.25) is 10.2 Å². The minimum Gasteiger partial charge on any atom is -0.461 e. The molecule has 198 valence electrons. The lowest BCUT2D eigenvalue weighted by Crippen LogP contribution is -2.54. The van der Waals surface area contributed by atoms with E-state index >= 15 is 0 Å². The summed E-state index contributed by atoms with van der Waals surface area (Å²) in [5, 5.41) is 3.02. The first-order valence-electron chi connectivity index (χ1n) is 11.7. The van der Waals surface area contributed by atoms with Gasteiger partial charge in [0.25, 0.3) is 5.91 Å². The third kappa shape index (κ3) is 8.09. The number of pyridine rings is 1. The van der Waals surface area contributed by atoms with E-state index in [2.05, 4.69) is 10.4 Å². The summed E-state index contributed by atoms with van der Waals surface area (Å²) in [5.41, 5.74) is 2.53. The van der Waals surface area contributed by atoms with E-state index in [0.29, 0.717) is 29.2 Å². The number of hydrazine groups is 1. The minimum atomic E-state index is -4.52. The Hall–Kier alpha value is -2.81. The number of alkyl halides is 3. The summed E-state index contributed by atoms with van der Waals surface area (Å²) < 4.78 is 44.3. The van der Waals surface area contributed by atoms with Gasteiger partial charge in [0.1, 0.15) is 0 Å². The Bertz CT molecular complexity index is 1190. The molecule has 0 bridgehead atoms. The van der Waals surface area contributed by atoms with Crippen molar-refractivity contribution in [2.24, 2.45) is 0 Å². The number of aromatic nitrogens is 1. The number of hydrogen-bond donors (Lipinski definition) is 1. The second kappa shape index (κ2) is 12.2. The van der Waals surface area contributed by atoms with Gasteiger partial charge in [0.2, 0.25) is 5.88 Å². The van der Waals surface area contributed by atoms with Crippen LogP contribution in [0.15, 0.2) is 66.9 Å². The molecular formula is C27H28Cl2F3N3O2. The Morgan fingerprint density at radius 2 is 1.76 bits per heavy atom. The number of nitrogens with zero attached hydrogens (tertiary/aromatic N) is 2. The van der Waals surface area contributed by atoms with E-state index in [0.717, 1.165) is 29.7 Å². The zero-order chi connectivity index (χ0) is 27.2. The maximum atomic E-state index is 13.4. The summed E-state index contributed by atoms with van der Waals surface area (Å²) in [4.78, 5) is 17.1. The van der Waals surface area contributed by atoms with Crippen LogP contribution in [-0.4, -0.2) is 28.0 Å². The third-order valence-corrected chi connectivity index (χ3v) is 6.12. The number of nitrogens with one attached hydrogen (secondary N) is 1. The smallest absolute Gasteiger partial charge is 0.417 e. The highest BCUT2D eigenvalue weighted by atomic mass is 35.5. The fraction of sp³-hybridized carbons (Fsp3) is 0.333. The molecule has 0 saturated carbocycles.